The highest BCUT2D eigenvalue weighted by Crippen LogP contribution is 2.13. The monoisotopic (exact) mass is 217 g/mol. The van der Waals surface area contributed by atoms with Gasteiger partial charge in [-0.2, -0.15) is 0 Å². The van der Waals surface area contributed by atoms with Gasteiger partial charge in [-0.1, -0.05) is 0 Å². The first-order valence-electron chi connectivity index (χ1n) is 5.29. The Morgan fingerprint density at radius 2 is 1.64 bits per heavy atom. The molecule has 0 aliphatic carbocycles. The van der Waals surface area contributed by atoms with Crippen LogP contribution >= 0.6 is 0 Å². The van der Waals surface area contributed by atoms with Crippen LogP contribution in [0.4, 0.5) is 0 Å². The molecule has 0 unspecified atom stereocenters. The third-order valence-corrected chi connectivity index (χ3v) is 4.82. The van der Waals surface area contributed by atoms with E-state index in [0.717, 1.165) is 31.5 Å². The van der Waals surface area contributed by atoms with E-state index >= 15 is 0 Å². The van der Waals surface area contributed by atoms with E-state index in [1.54, 1.807) is 0 Å². The third kappa shape index (κ3) is 6.29. The summed E-state index contributed by atoms with van der Waals surface area (Å²) in [6.07, 6.45) is 0. The van der Waals surface area contributed by atoms with Gasteiger partial charge in [0, 0.05) is 31.5 Å². The second-order valence-corrected chi connectivity index (χ2v) is 6.92. The van der Waals surface area contributed by atoms with Gasteiger partial charge in [-0.3, -0.25) is 4.99 Å². The van der Waals surface area contributed by atoms with Gasteiger partial charge in [-0.25, -0.2) is 0 Å². The predicted molar refractivity (Wildman–Crippen MR) is 63.3 cm³/mol. The van der Waals surface area contributed by atoms with Crippen LogP contribution in [0, 0.1) is 0 Å². The van der Waals surface area contributed by atoms with Crippen molar-refractivity contribution in [3.05, 3.63) is 0 Å². The molecule has 0 saturated heterocycles. The van der Waals surface area contributed by atoms with Gasteiger partial charge in [0.1, 0.15) is 0 Å². The van der Waals surface area contributed by atoms with Crippen molar-refractivity contribution in [3.63, 3.8) is 0 Å². The summed E-state index contributed by atoms with van der Waals surface area (Å²) < 4.78 is 11.4. The van der Waals surface area contributed by atoms with Gasteiger partial charge in [0.05, 0.1) is 0 Å². The molecule has 0 rings (SSSR count). The van der Waals surface area contributed by atoms with Crippen LogP contribution in [-0.4, -0.2) is 34.0 Å². The molecule has 0 spiro atoms. The molecule has 84 valence electrons. The minimum absolute atomic E-state index is 0.734. The smallest absolute Gasteiger partial charge is 0.336 e. The van der Waals surface area contributed by atoms with Crippen LogP contribution in [0.3, 0.4) is 0 Å². The van der Waals surface area contributed by atoms with Crippen molar-refractivity contribution in [2.75, 3.05) is 19.8 Å². The molecule has 0 aromatic carbocycles. The average molecular weight is 217 g/mol. The average Bonchev–Trinajstić information content (AvgIpc) is 2.03. The van der Waals surface area contributed by atoms with E-state index in [4.69, 9.17) is 8.85 Å². The maximum absolute atomic E-state index is 5.70. The molecule has 0 atom stereocenters. The number of aliphatic imine (C=N–C) groups is 1. The van der Waals surface area contributed by atoms with Crippen LogP contribution in [0.2, 0.25) is 12.6 Å². The molecule has 0 heterocycles. The normalized spacial score (nSPS) is 11.5. The molecule has 0 N–H and O–H groups in total. The van der Waals surface area contributed by atoms with Crippen molar-refractivity contribution in [2.24, 2.45) is 4.99 Å². The molecule has 4 heteroatoms. The number of hydrogen-bond donors (Lipinski definition) is 0. The molecule has 0 saturated carbocycles. The van der Waals surface area contributed by atoms with Crippen molar-refractivity contribution >= 4 is 14.3 Å². The Labute approximate surface area is 88.8 Å². The molecular formula is C10H23NO2Si. The second-order valence-electron chi connectivity index (χ2n) is 3.58. The minimum atomic E-state index is -1.92. The Morgan fingerprint density at radius 1 is 1.14 bits per heavy atom. The molecule has 0 aliphatic rings. The van der Waals surface area contributed by atoms with Gasteiger partial charge in [0.25, 0.3) is 0 Å². The van der Waals surface area contributed by atoms with Gasteiger partial charge in [-0.05, 0) is 34.2 Å². The third-order valence-electron chi connectivity index (χ3n) is 1.89. The van der Waals surface area contributed by atoms with Crippen LogP contribution in [0.15, 0.2) is 4.99 Å². The van der Waals surface area contributed by atoms with Gasteiger partial charge in [0.2, 0.25) is 0 Å². The van der Waals surface area contributed by atoms with Gasteiger partial charge < -0.3 is 8.85 Å². The number of nitrogens with zero attached hydrogens (tertiary/aromatic N) is 1. The summed E-state index contributed by atoms with van der Waals surface area (Å²) in [6, 6.07) is 0.944. The number of rotatable bonds is 7. The van der Waals surface area contributed by atoms with Crippen molar-refractivity contribution in [1.29, 1.82) is 0 Å². The van der Waals surface area contributed by atoms with E-state index in [2.05, 4.69) is 11.5 Å². The largest absolute Gasteiger partial charge is 0.395 e. The van der Waals surface area contributed by atoms with Crippen molar-refractivity contribution in [1.82, 2.24) is 0 Å². The molecule has 0 aliphatic heterocycles. The molecule has 0 bridgehead atoms. The van der Waals surface area contributed by atoms with Gasteiger partial charge >= 0.3 is 8.56 Å². The molecular weight excluding hydrogens is 194 g/mol. The quantitative estimate of drug-likeness (QED) is 0.485. The highest BCUT2D eigenvalue weighted by Gasteiger charge is 2.29. The van der Waals surface area contributed by atoms with Crippen molar-refractivity contribution < 1.29 is 8.85 Å². The minimum Gasteiger partial charge on any atom is -0.395 e. The fraction of sp³-hybridized carbons (Fsp3) is 0.900. The van der Waals surface area contributed by atoms with E-state index < -0.39 is 8.56 Å². The van der Waals surface area contributed by atoms with E-state index in [0.29, 0.717) is 0 Å². The lowest BCUT2D eigenvalue weighted by molar-refractivity contribution is 0.189. The van der Waals surface area contributed by atoms with E-state index in [1.165, 1.54) is 0 Å². The van der Waals surface area contributed by atoms with Crippen LogP contribution in [0.25, 0.3) is 0 Å². The summed E-state index contributed by atoms with van der Waals surface area (Å²) in [7, 11) is -1.92. The lowest BCUT2D eigenvalue weighted by Crippen LogP contribution is -2.39. The first-order valence-corrected chi connectivity index (χ1v) is 7.82. The number of hydrogen-bond acceptors (Lipinski definition) is 3. The summed E-state index contributed by atoms with van der Waals surface area (Å²) in [5.74, 6) is 0. The maximum atomic E-state index is 5.70. The molecule has 0 radical (unpaired) electrons. The Balaban J connectivity index is 4.01. The van der Waals surface area contributed by atoms with Crippen molar-refractivity contribution in [3.8, 4) is 0 Å². The standard InChI is InChI=1S/C10H23NO2Si/c1-6-12-14(5,13-7-2)9-8-11-10(3)4/h6-9H2,1-5H3. The predicted octanol–water partition coefficient (Wildman–Crippen LogP) is 2.61. The first-order chi connectivity index (χ1) is 6.54. The zero-order chi connectivity index (χ0) is 11.0. The zero-order valence-corrected chi connectivity index (χ0v) is 11.1. The van der Waals surface area contributed by atoms with Gasteiger partial charge in [-0.15, -0.1) is 0 Å². The molecule has 3 nitrogen and oxygen atoms in total. The molecule has 0 fully saturated rings. The Hall–Kier alpha value is -0.193. The maximum Gasteiger partial charge on any atom is 0.336 e. The van der Waals surface area contributed by atoms with Crippen LogP contribution in [0.1, 0.15) is 27.7 Å². The first kappa shape index (κ1) is 13.8. The molecule has 0 aromatic heterocycles. The zero-order valence-electron chi connectivity index (χ0n) is 10.1. The van der Waals surface area contributed by atoms with Crippen LogP contribution in [-0.2, 0) is 8.85 Å². The summed E-state index contributed by atoms with van der Waals surface area (Å²) in [4.78, 5) is 4.37. The topological polar surface area (TPSA) is 30.8 Å². The van der Waals surface area contributed by atoms with Gasteiger partial charge in [0.15, 0.2) is 0 Å². The highest BCUT2D eigenvalue weighted by atomic mass is 28.4. The summed E-state index contributed by atoms with van der Waals surface area (Å²) in [5, 5.41) is 0. The lowest BCUT2D eigenvalue weighted by atomic mass is 10.5. The Morgan fingerprint density at radius 3 is 2.00 bits per heavy atom. The fourth-order valence-corrected chi connectivity index (χ4v) is 3.39. The second kappa shape index (κ2) is 7.15. The highest BCUT2D eigenvalue weighted by molar-refractivity contribution is 6.66. The Bertz CT molecular complexity index is 173. The fourth-order valence-electron chi connectivity index (χ4n) is 1.28. The molecule has 0 amide bonds. The summed E-state index contributed by atoms with van der Waals surface area (Å²) in [5.41, 5.74) is 1.12. The van der Waals surface area contributed by atoms with Crippen LogP contribution in [0.5, 0.6) is 0 Å². The summed E-state index contributed by atoms with van der Waals surface area (Å²) >= 11 is 0. The van der Waals surface area contributed by atoms with E-state index in [-0.39, 0.29) is 0 Å². The lowest BCUT2D eigenvalue weighted by Gasteiger charge is -2.25. The Kier molecular flexibility index (Phi) is 7.05. The SMILES string of the molecule is CCO[Si](C)(CCN=C(C)C)OCC. The van der Waals surface area contributed by atoms with E-state index in [1.807, 2.05) is 27.7 Å². The van der Waals surface area contributed by atoms with Crippen molar-refractivity contribution in [2.45, 2.75) is 40.3 Å². The van der Waals surface area contributed by atoms with Crippen LogP contribution < -0.4 is 0 Å². The molecule has 14 heavy (non-hydrogen) atoms. The summed E-state index contributed by atoms with van der Waals surface area (Å²) in [6.45, 7) is 12.5. The molecule has 0 aromatic rings. The van der Waals surface area contributed by atoms with E-state index in [9.17, 15) is 0 Å².